The largest absolute Gasteiger partial charge is 0.507 e. The van der Waals surface area contributed by atoms with Gasteiger partial charge < -0.3 is 37.2 Å². The van der Waals surface area contributed by atoms with Crippen molar-refractivity contribution < 1.29 is 34.2 Å². The van der Waals surface area contributed by atoms with Crippen molar-refractivity contribution in [3.8, 4) is 5.75 Å². The molecule has 0 aromatic heterocycles. The maximum absolute atomic E-state index is 13.2. The minimum Gasteiger partial charge on any atom is -0.507 e. The van der Waals surface area contributed by atoms with Gasteiger partial charge in [-0.05, 0) is 70.2 Å². The summed E-state index contributed by atoms with van der Waals surface area (Å²) in [6, 6.07) is 7.52. The summed E-state index contributed by atoms with van der Waals surface area (Å²) in [5.74, 6) is -3.99. The van der Waals surface area contributed by atoms with E-state index in [9.17, 15) is 34.2 Å². The zero-order chi connectivity index (χ0) is 35.0. The molecule has 4 atom stereocenters. The third-order valence-electron chi connectivity index (χ3n) is 7.37. The van der Waals surface area contributed by atoms with Gasteiger partial charge in [0.25, 0.3) is 0 Å². The Labute approximate surface area is 280 Å². The van der Waals surface area contributed by atoms with E-state index in [2.05, 4.69) is 46.5 Å². The first-order chi connectivity index (χ1) is 21.2. The number of aliphatic carboxylic acids is 1. The van der Waals surface area contributed by atoms with Crippen LogP contribution in [0.4, 0.5) is 0 Å². The van der Waals surface area contributed by atoms with Crippen molar-refractivity contribution in [2.45, 2.75) is 88.0 Å². The number of thiol groups is 2. The number of aryl methyl sites for hydroxylation is 1. The van der Waals surface area contributed by atoms with Gasteiger partial charge in [-0.2, -0.15) is 25.3 Å². The molecule has 0 heterocycles. The number of carboxylic acid groups (broad SMARTS) is 1. The highest BCUT2D eigenvalue weighted by atomic mass is 32.1. The molecule has 0 saturated heterocycles. The van der Waals surface area contributed by atoms with Crippen molar-refractivity contribution in [1.82, 2.24) is 21.3 Å². The van der Waals surface area contributed by atoms with Gasteiger partial charge >= 0.3 is 5.97 Å². The van der Waals surface area contributed by atoms with Crippen molar-refractivity contribution >= 4 is 54.9 Å². The zero-order valence-corrected chi connectivity index (χ0v) is 28.7. The van der Waals surface area contributed by atoms with Crippen LogP contribution in [0.2, 0.25) is 0 Å². The number of nitrogens with one attached hydrogen (secondary N) is 4. The fourth-order valence-corrected chi connectivity index (χ4v) is 4.95. The minimum atomic E-state index is -1.35. The van der Waals surface area contributed by atoms with Gasteiger partial charge in [0.15, 0.2) is 0 Å². The number of benzene rings is 2. The molecule has 0 aliphatic rings. The Morgan fingerprint density at radius 2 is 1.37 bits per heavy atom. The lowest BCUT2D eigenvalue weighted by Crippen LogP contribution is -2.60. The van der Waals surface area contributed by atoms with E-state index in [0.717, 1.165) is 0 Å². The number of phenols is 1. The number of aromatic hydroxyl groups is 1. The lowest BCUT2D eigenvalue weighted by Gasteiger charge is -2.31. The third-order valence-corrected chi connectivity index (χ3v) is 7.89. The number of hydrogen-bond acceptors (Lipinski definition) is 9. The maximum Gasteiger partial charge on any atom is 0.327 e. The maximum atomic E-state index is 13.2. The Morgan fingerprint density at radius 1 is 0.804 bits per heavy atom. The fourth-order valence-electron chi connectivity index (χ4n) is 4.60. The van der Waals surface area contributed by atoms with E-state index in [-0.39, 0.29) is 18.6 Å². The van der Waals surface area contributed by atoms with Crippen LogP contribution < -0.4 is 27.0 Å². The molecule has 2 rings (SSSR count). The van der Waals surface area contributed by atoms with Gasteiger partial charge in [-0.1, -0.05) is 42.5 Å². The van der Waals surface area contributed by atoms with Crippen LogP contribution in [0.1, 0.15) is 49.9 Å². The van der Waals surface area contributed by atoms with Crippen LogP contribution in [0.5, 0.6) is 5.75 Å². The van der Waals surface area contributed by atoms with Crippen LogP contribution in [0.3, 0.4) is 0 Å². The summed E-state index contributed by atoms with van der Waals surface area (Å²) in [5, 5.41) is 29.9. The second kappa shape index (κ2) is 16.2. The van der Waals surface area contributed by atoms with Crippen LogP contribution in [0.15, 0.2) is 42.5 Å². The molecule has 0 saturated carbocycles. The first-order valence-corrected chi connectivity index (χ1v) is 15.5. The smallest absolute Gasteiger partial charge is 0.327 e. The molecule has 0 fully saturated rings. The van der Waals surface area contributed by atoms with Crippen molar-refractivity contribution in [1.29, 1.82) is 0 Å². The van der Waals surface area contributed by atoms with Gasteiger partial charge in [0.1, 0.15) is 23.9 Å². The van der Waals surface area contributed by atoms with Crippen molar-refractivity contribution in [2.75, 3.05) is 6.54 Å². The lowest BCUT2D eigenvalue weighted by molar-refractivity contribution is -0.143. The fraction of sp³-hybridized carbons (Fsp3) is 0.469. The van der Waals surface area contributed by atoms with E-state index in [1.54, 1.807) is 70.2 Å². The Bertz CT molecular complexity index is 1420. The molecule has 0 bridgehead atoms. The molecule has 46 heavy (non-hydrogen) atoms. The average molecular weight is 676 g/mol. The molecule has 0 radical (unpaired) electrons. The summed E-state index contributed by atoms with van der Waals surface area (Å²) >= 11 is 8.76. The Balaban J connectivity index is 2.12. The molecule has 8 N–H and O–H groups in total. The van der Waals surface area contributed by atoms with Crippen LogP contribution in [0.25, 0.3) is 0 Å². The Hall–Kier alpha value is -3.75. The molecule has 12 nitrogen and oxygen atoms in total. The third kappa shape index (κ3) is 11.2. The number of carbonyl (C=O) groups is 5. The standard InChI is InChI=1S/C32H45N5O7S2/c1-17-12-13-20(18(2)24(17)39)15-21(33)27(40)36-25(31(3,4)45)29(42)34-16-23(38)35-22(14-19-10-8-7-9-11-19)28(41)37-26(30(43)44)32(5,6)46/h7-13,21-22,25-26,39,45-46H,14-16,33H2,1-6H3,(H,34,42)(H,35,38)(H,36,40)(H,37,41)(H,43,44)/t21-,22-,25-,26-/m0/s1. The highest BCUT2D eigenvalue weighted by Crippen LogP contribution is 2.25. The zero-order valence-electron chi connectivity index (χ0n) is 26.9. The normalized spacial score (nSPS) is 14.3. The lowest BCUT2D eigenvalue weighted by atomic mass is 9.97. The second-order valence-electron chi connectivity index (χ2n) is 12.4. The predicted molar refractivity (Wildman–Crippen MR) is 182 cm³/mol. The second-order valence-corrected chi connectivity index (χ2v) is 14.7. The number of nitrogens with two attached hydrogens (primary N) is 1. The number of carboxylic acids is 1. The van der Waals surface area contributed by atoms with Crippen LogP contribution >= 0.6 is 25.3 Å². The van der Waals surface area contributed by atoms with Gasteiger partial charge in [0.05, 0.1) is 12.6 Å². The highest BCUT2D eigenvalue weighted by molar-refractivity contribution is 7.82. The topological polar surface area (TPSA) is 200 Å². The van der Waals surface area contributed by atoms with E-state index >= 15 is 0 Å². The van der Waals surface area contributed by atoms with E-state index < -0.39 is 69.8 Å². The molecule has 0 unspecified atom stereocenters. The molecule has 4 amide bonds. The molecule has 0 aliphatic carbocycles. The number of hydrogen-bond donors (Lipinski definition) is 9. The molecule has 252 valence electrons. The van der Waals surface area contributed by atoms with Gasteiger partial charge in [-0.25, -0.2) is 4.79 Å². The highest BCUT2D eigenvalue weighted by Gasteiger charge is 2.37. The summed E-state index contributed by atoms with van der Waals surface area (Å²) in [4.78, 5) is 64.2. The summed E-state index contributed by atoms with van der Waals surface area (Å²) < 4.78 is -2.19. The predicted octanol–water partition coefficient (Wildman–Crippen LogP) is 1.19. The summed E-state index contributed by atoms with van der Waals surface area (Å²) in [6.07, 6.45) is 0.150. The molecule has 0 aliphatic heterocycles. The minimum absolute atomic E-state index is 0.0458. The van der Waals surface area contributed by atoms with Crippen molar-refractivity contribution in [2.24, 2.45) is 5.73 Å². The van der Waals surface area contributed by atoms with Crippen molar-refractivity contribution in [3.05, 3.63) is 64.7 Å². The van der Waals surface area contributed by atoms with E-state index in [4.69, 9.17) is 5.73 Å². The summed E-state index contributed by atoms with van der Waals surface area (Å²) in [5.41, 5.74) is 8.83. The molecule has 0 spiro atoms. The molecule has 2 aromatic rings. The summed E-state index contributed by atoms with van der Waals surface area (Å²) in [7, 11) is 0. The van der Waals surface area contributed by atoms with Crippen molar-refractivity contribution in [3.63, 3.8) is 0 Å². The molecular formula is C32H45N5O7S2. The Morgan fingerprint density at radius 3 is 1.91 bits per heavy atom. The average Bonchev–Trinajstić information content (AvgIpc) is 2.96. The molecule has 2 aromatic carbocycles. The SMILES string of the molecule is Cc1ccc(C[C@H](N)C(=O)N[C@@H](C(=O)NCC(=O)N[C@@H](Cc2ccccc2)C(=O)N[C@@H](C(=O)O)C(C)(C)S)C(C)(C)S)c(C)c1O. The van der Waals surface area contributed by atoms with Crippen LogP contribution in [-0.2, 0) is 36.8 Å². The molecular weight excluding hydrogens is 631 g/mol. The van der Waals surface area contributed by atoms with Gasteiger partial charge in [0, 0.05) is 15.9 Å². The van der Waals surface area contributed by atoms with Gasteiger partial charge in [0.2, 0.25) is 23.6 Å². The van der Waals surface area contributed by atoms with E-state index in [1.165, 1.54) is 13.8 Å². The number of carbonyl (C=O) groups excluding carboxylic acids is 4. The van der Waals surface area contributed by atoms with Crippen LogP contribution in [0, 0.1) is 13.8 Å². The first kappa shape index (κ1) is 38.4. The number of rotatable bonds is 15. The van der Waals surface area contributed by atoms with E-state index in [0.29, 0.717) is 22.3 Å². The van der Waals surface area contributed by atoms with E-state index in [1.807, 2.05) is 0 Å². The Kier molecular flexibility index (Phi) is 13.5. The monoisotopic (exact) mass is 675 g/mol. The molecule has 14 heteroatoms. The van der Waals surface area contributed by atoms with Gasteiger partial charge in [-0.3, -0.25) is 19.2 Å². The quantitative estimate of drug-likeness (QED) is 0.125. The van der Waals surface area contributed by atoms with Crippen LogP contribution in [-0.4, -0.2) is 80.0 Å². The number of amides is 4. The number of phenolic OH excluding ortho intramolecular Hbond substituents is 1. The first-order valence-electron chi connectivity index (χ1n) is 14.6. The van der Waals surface area contributed by atoms with Gasteiger partial charge in [-0.15, -0.1) is 0 Å². The summed E-state index contributed by atoms with van der Waals surface area (Å²) in [6.45, 7) is 9.22.